The third kappa shape index (κ3) is 6.22. The summed E-state index contributed by atoms with van der Waals surface area (Å²) < 4.78 is 5.17. The van der Waals surface area contributed by atoms with Gasteiger partial charge in [0.2, 0.25) is 11.8 Å². The zero-order chi connectivity index (χ0) is 13.5. The van der Waals surface area contributed by atoms with Crippen molar-refractivity contribution in [3.05, 3.63) is 0 Å². The number of amides is 2. The highest BCUT2D eigenvalue weighted by Crippen LogP contribution is 2.00. The number of nitrogens with two attached hydrogens (primary N) is 1. The maximum Gasteiger partial charge on any atom is 0.237 e. The molecule has 1 unspecified atom stereocenters. The second-order valence-corrected chi connectivity index (χ2v) is 4.80. The largest absolute Gasteiger partial charge is 0.378 e. The fourth-order valence-corrected chi connectivity index (χ4v) is 1.68. The minimum atomic E-state index is -0.511. The predicted octanol–water partition coefficient (Wildman–Crippen LogP) is -0.243. The van der Waals surface area contributed by atoms with Crippen molar-refractivity contribution >= 4 is 24.2 Å². The first kappa shape index (κ1) is 18.1. The van der Waals surface area contributed by atoms with Gasteiger partial charge in [-0.25, -0.2) is 0 Å². The molecule has 0 radical (unpaired) electrons. The van der Waals surface area contributed by atoms with Crippen molar-refractivity contribution < 1.29 is 14.3 Å². The zero-order valence-corrected chi connectivity index (χ0v) is 12.4. The predicted molar refractivity (Wildman–Crippen MR) is 75.1 cm³/mol. The molecule has 7 heteroatoms. The third-order valence-corrected chi connectivity index (χ3v) is 3.02. The average molecular weight is 294 g/mol. The van der Waals surface area contributed by atoms with Crippen LogP contribution < -0.4 is 11.1 Å². The van der Waals surface area contributed by atoms with Gasteiger partial charge in [0.05, 0.1) is 19.3 Å². The van der Waals surface area contributed by atoms with Gasteiger partial charge in [-0.2, -0.15) is 0 Å². The molecule has 2 amide bonds. The summed E-state index contributed by atoms with van der Waals surface area (Å²) >= 11 is 0. The van der Waals surface area contributed by atoms with E-state index in [2.05, 4.69) is 5.32 Å². The van der Waals surface area contributed by atoms with E-state index in [0.29, 0.717) is 39.3 Å². The molecule has 0 spiro atoms. The van der Waals surface area contributed by atoms with Crippen molar-refractivity contribution in [3.63, 3.8) is 0 Å². The van der Waals surface area contributed by atoms with Gasteiger partial charge < -0.3 is 20.7 Å². The molecule has 1 aliphatic rings. The topological polar surface area (TPSA) is 84.7 Å². The van der Waals surface area contributed by atoms with E-state index >= 15 is 0 Å². The van der Waals surface area contributed by atoms with Gasteiger partial charge in [-0.05, 0) is 5.92 Å². The van der Waals surface area contributed by atoms with Crippen LogP contribution in [0.4, 0.5) is 0 Å². The molecule has 1 saturated heterocycles. The fourth-order valence-electron chi connectivity index (χ4n) is 1.68. The van der Waals surface area contributed by atoms with Crippen LogP contribution in [0.3, 0.4) is 0 Å². The van der Waals surface area contributed by atoms with Crippen molar-refractivity contribution in [1.82, 2.24) is 10.2 Å². The molecule has 1 atom stereocenters. The average Bonchev–Trinajstić information content (AvgIpc) is 2.38. The second kappa shape index (κ2) is 9.12. The smallest absolute Gasteiger partial charge is 0.237 e. The summed E-state index contributed by atoms with van der Waals surface area (Å²) in [6.45, 7) is 6.59. The second-order valence-electron chi connectivity index (χ2n) is 4.80. The molecule has 1 aliphatic heterocycles. The summed E-state index contributed by atoms with van der Waals surface area (Å²) in [5.74, 6) is -0.0450. The standard InChI is InChI=1S/C12H23N3O3.ClH/c1-9(2)11(13)12(17)14-4-3-10(16)15-5-7-18-8-6-15;/h9,11H,3-8,13H2,1-2H3,(H,14,17);1H. The Morgan fingerprint density at radius 2 is 1.89 bits per heavy atom. The highest BCUT2D eigenvalue weighted by atomic mass is 35.5. The zero-order valence-electron chi connectivity index (χ0n) is 11.6. The molecular weight excluding hydrogens is 270 g/mol. The number of carbonyl (C=O) groups excluding carboxylic acids is 2. The number of hydrogen-bond donors (Lipinski definition) is 2. The van der Waals surface area contributed by atoms with Gasteiger partial charge >= 0.3 is 0 Å². The molecule has 3 N–H and O–H groups in total. The Balaban J connectivity index is 0.00000324. The molecule has 1 fully saturated rings. The first-order chi connectivity index (χ1) is 8.52. The maximum absolute atomic E-state index is 11.8. The van der Waals surface area contributed by atoms with Crippen LogP contribution in [0.25, 0.3) is 0 Å². The molecule has 6 nitrogen and oxygen atoms in total. The Morgan fingerprint density at radius 3 is 2.42 bits per heavy atom. The van der Waals surface area contributed by atoms with Gasteiger partial charge in [-0.3, -0.25) is 9.59 Å². The summed E-state index contributed by atoms with van der Waals surface area (Å²) in [6.07, 6.45) is 0.316. The van der Waals surface area contributed by atoms with Crippen molar-refractivity contribution in [2.45, 2.75) is 26.3 Å². The van der Waals surface area contributed by atoms with Crippen LogP contribution >= 0.6 is 12.4 Å². The lowest BCUT2D eigenvalue weighted by Crippen LogP contribution is -2.46. The Kier molecular flexibility index (Phi) is 8.71. The summed E-state index contributed by atoms with van der Waals surface area (Å²) in [6, 6.07) is -0.511. The monoisotopic (exact) mass is 293 g/mol. The van der Waals surface area contributed by atoms with Gasteiger partial charge in [0.1, 0.15) is 0 Å². The van der Waals surface area contributed by atoms with Crippen molar-refractivity contribution in [3.8, 4) is 0 Å². The van der Waals surface area contributed by atoms with Gasteiger partial charge in [0.25, 0.3) is 0 Å². The number of halogens is 1. The summed E-state index contributed by atoms with van der Waals surface area (Å²) in [5, 5.41) is 2.69. The van der Waals surface area contributed by atoms with Crippen molar-refractivity contribution in [1.29, 1.82) is 0 Å². The molecule has 0 aromatic heterocycles. The van der Waals surface area contributed by atoms with Crippen LogP contribution in [0.5, 0.6) is 0 Å². The number of nitrogens with zero attached hydrogens (tertiary/aromatic N) is 1. The van der Waals surface area contributed by atoms with Crippen LogP contribution in [-0.4, -0.2) is 55.6 Å². The van der Waals surface area contributed by atoms with E-state index in [9.17, 15) is 9.59 Å². The van der Waals surface area contributed by atoms with E-state index in [1.54, 1.807) is 4.90 Å². The molecule has 19 heavy (non-hydrogen) atoms. The SMILES string of the molecule is CC(C)C(N)C(=O)NCCC(=O)N1CCOCC1.Cl. The minimum absolute atomic E-state index is 0. The molecular formula is C12H24ClN3O3. The van der Waals surface area contributed by atoms with Crippen LogP contribution in [0.1, 0.15) is 20.3 Å². The highest BCUT2D eigenvalue weighted by molar-refractivity contribution is 5.85. The number of rotatable bonds is 5. The van der Waals surface area contributed by atoms with Crippen LogP contribution in [0.2, 0.25) is 0 Å². The van der Waals surface area contributed by atoms with E-state index in [4.69, 9.17) is 10.5 Å². The number of nitrogens with one attached hydrogen (secondary N) is 1. The van der Waals surface area contributed by atoms with E-state index in [0.717, 1.165) is 0 Å². The lowest BCUT2D eigenvalue weighted by atomic mass is 10.1. The fraction of sp³-hybridized carbons (Fsp3) is 0.833. The first-order valence-corrected chi connectivity index (χ1v) is 6.41. The number of hydrogen-bond acceptors (Lipinski definition) is 4. The van der Waals surface area contributed by atoms with E-state index in [-0.39, 0.29) is 30.1 Å². The normalized spacial score (nSPS) is 16.7. The quantitative estimate of drug-likeness (QED) is 0.732. The Bertz CT molecular complexity index is 294. The van der Waals surface area contributed by atoms with Gasteiger partial charge in [-0.15, -0.1) is 12.4 Å². The van der Waals surface area contributed by atoms with E-state index in [1.807, 2.05) is 13.8 Å². The minimum Gasteiger partial charge on any atom is -0.378 e. The number of carbonyl (C=O) groups is 2. The van der Waals surface area contributed by atoms with E-state index < -0.39 is 6.04 Å². The molecule has 112 valence electrons. The molecule has 1 heterocycles. The van der Waals surface area contributed by atoms with Gasteiger partial charge in [0, 0.05) is 26.1 Å². The third-order valence-electron chi connectivity index (χ3n) is 3.02. The molecule has 1 rings (SSSR count). The molecule has 0 bridgehead atoms. The van der Waals surface area contributed by atoms with Gasteiger partial charge in [-0.1, -0.05) is 13.8 Å². The van der Waals surface area contributed by atoms with Crippen molar-refractivity contribution in [2.75, 3.05) is 32.8 Å². The number of ether oxygens (including phenoxy) is 1. The van der Waals surface area contributed by atoms with Crippen LogP contribution in [0, 0.1) is 5.92 Å². The van der Waals surface area contributed by atoms with Crippen molar-refractivity contribution in [2.24, 2.45) is 11.7 Å². The Morgan fingerprint density at radius 1 is 1.32 bits per heavy atom. The first-order valence-electron chi connectivity index (χ1n) is 6.41. The van der Waals surface area contributed by atoms with Crippen LogP contribution in [-0.2, 0) is 14.3 Å². The summed E-state index contributed by atoms with van der Waals surface area (Å²) in [5.41, 5.74) is 5.70. The summed E-state index contributed by atoms with van der Waals surface area (Å²) in [4.78, 5) is 25.1. The van der Waals surface area contributed by atoms with Gasteiger partial charge in [0.15, 0.2) is 0 Å². The maximum atomic E-state index is 11.8. The van der Waals surface area contributed by atoms with Crippen LogP contribution in [0.15, 0.2) is 0 Å². The summed E-state index contributed by atoms with van der Waals surface area (Å²) in [7, 11) is 0. The Hall–Kier alpha value is -0.850. The molecule has 0 aliphatic carbocycles. The molecule has 0 aromatic carbocycles. The lowest BCUT2D eigenvalue weighted by molar-refractivity contribution is -0.135. The number of morpholine rings is 1. The van der Waals surface area contributed by atoms with E-state index in [1.165, 1.54) is 0 Å². The molecule has 0 aromatic rings. The molecule has 0 saturated carbocycles. The highest BCUT2D eigenvalue weighted by Gasteiger charge is 2.19. The lowest BCUT2D eigenvalue weighted by Gasteiger charge is -2.27. The Labute approximate surface area is 120 Å².